The minimum atomic E-state index is -0.790. The summed E-state index contributed by atoms with van der Waals surface area (Å²) in [4.78, 5) is 10.5. The molecule has 0 aliphatic heterocycles. The van der Waals surface area contributed by atoms with Crippen molar-refractivity contribution < 1.29 is 9.90 Å². The van der Waals surface area contributed by atoms with Crippen LogP contribution in [0.2, 0.25) is 0 Å². The Bertz CT molecular complexity index is 165. The first-order valence-electron chi connectivity index (χ1n) is 6.09. The van der Waals surface area contributed by atoms with Crippen molar-refractivity contribution in [3.63, 3.8) is 0 Å². The fraction of sp³-hybridized carbons (Fsp3) is 0.917. The minimum absolute atomic E-state index is 0. The first-order valence-corrected chi connectivity index (χ1v) is 6.61. The Morgan fingerprint density at radius 2 is 1.50 bits per heavy atom. The van der Waals surface area contributed by atoms with Crippen LogP contribution in [0.4, 0.5) is 0 Å². The highest BCUT2D eigenvalue weighted by atomic mass is 32.1. The molecule has 1 atom stereocenters. The molecule has 0 aromatic rings. The van der Waals surface area contributed by atoms with Crippen molar-refractivity contribution >= 4 is 41.7 Å². The molecule has 16 heavy (non-hydrogen) atoms. The van der Waals surface area contributed by atoms with Crippen molar-refractivity contribution in [1.82, 2.24) is 0 Å². The Morgan fingerprint density at radius 1 is 1.06 bits per heavy atom. The van der Waals surface area contributed by atoms with Gasteiger partial charge in [-0.2, -0.15) is 12.6 Å². The van der Waals surface area contributed by atoms with Crippen molar-refractivity contribution in [2.24, 2.45) is 0 Å². The van der Waals surface area contributed by atoms with Crippen LogP contribution in [0.1, 0.15) is 64.7 Å². The van der Waals surface area contributed by atoms with Gasteiger partial charge in [-0.25, -0.2) is 0 Å². The van der Waals surface area contributed by atoms with Gasteiger partial charge in [0, 0.05) is 0 Å². The summed E-state index contributed by atoms with van der Waals surface area (Å²) in [6, 6.07) is 0. The molecule has 1 N–H and O–H groups in total. The Balaban J connectivity index is 0. The van der Waals surface area contributed by atoms with Gasteiger partial charge < -0.3 is 5.11 Å². The molecule has 0 bridgehead atoms. The van der Waals surface area contributed by atoms with Crippen LogP contribution in [0.3, 0.4) is 0 Å². The minimum Gasteiger partial charge on any atom is -0.480 e. The molecular weight excluding hydrogens is 233 g/mol. The fourth-order valence-corrected chi connectivity index (χ4v) is 1.78. The van der Waals surface area contributed by atoms with Crippen LogP contribution in [0.5, 0.6) is 0 Å². The number of aliphatic carboxylic acids is 1. The molecule has 2 nitrogen and oxygen atoms in total. The summed E-state index contributed by atoms with van der Waals surface area (Å²) < 4.78 is 0. The lowest BCUT2D eigenvalue weighted by Gasteiger charge is -2.04. The molecule has 0 fully saturated rings. The van der Waals surface area contributed by atoms with Crippen LogP contribution in [-0.2, 0) is 4.79 Å². The number of carbonyl (C=O) groups is 1. The Kier molecular flexibility index (Phi) is 16.2. The second kappa shape index (κ2) is 13.7. The van der Waals surface area contributed by atoms with Crippen LogP contribution < -0.4 is 0 Å². The molecule has 0 aliphatic rings. The molecule has 0 heterocycles. The van der Waals surface area contributed by atoms with E-state index in [1.807, 2.05) is 0 Å². The number of rotatable bonds is 10. The lowest BCUT2D eigenvalue weighted by molar-refractivity contribution is -0.136. The summed E-state index contributed by atoms with van der Waals surface area (Å²) in [6.07, 6.45) is 10.7. The van der Waals surface area contributed by atoms with Crippen LogP contribution in [-0.4, -0.2) is 39.4 Å². The first kappa shape index (κ1) is 18.9. The largest absolute Gasteiger partial charge is 0.480 e. The van der Waals surface area contributed by atoms with E-state index in [-0.39, 0.29) is 23.1 Å². The zero-order valence-electron chi connectivity index (χ0n) is 9.74. The van der Waals surface area contributed by atoms with Crippen LogP contribution in [0.15, 0.2) is 0 Å². The summed E-state index contributed by atoms with van der Waals surface area (Å²) in [5.41, 5.74) is 0. The van der Waals surface area contributed by atoms with E-state index >= 15 is 0 Å². The van der Waals surface area contributed by atoms with Gasteiger partial charge in [0.15, 0.2) is 0 Å². The van der Waals surface area contributed by atoms with Gasteiger partial charge in [0.1, 0.15) is 0 Å². The van der Waals surface area contributed by atoms with Crippen molar-refractivity contribution in [1.29, 1.82) is 0 Å². The smallest absolute Gasteiger partial charge is 0.316 e. The molecule has 0 aromatic heterocycles. The Hall–Kier alpha value is 0.586. The molecule has 0 rings (SSSR count). The zero-order valence-corrected chi connectivity index (χ0v) is 10.6. The van der Waals surface area contributed by atoms with Gasteiger partial charge in [0.05, 0.1) is 5.25 Å². The van der Waals surface area contributed by atoms with Crippen LogP contribution in [0.25, 0.3) is 0 Å². The standard InChI is InChI=1S/C12H24O2S.Mg.2H/c1-2-3-4-5-6-7-8-9-10-11(15)12(13)14;;;/h11,15H,2-10H2,1H3,(H,13,14);;;. The van der Waals surface area contributed by atoms with Crippen molar-refractivity contribution in [2.45, 2.75) is 70.0 Å². The SMILES string of the molecule is CCCCCCCCCCC(S)C(=O)O.[MgH2]. The van der Waals surface area contributed by atoms with E-state index in [4.69, 9.17) is 5.11 Å². The fourth-order valence-electron chi connectivity index (χ4n) is 1.60. The zero-order chi connectivity index (χ0) is 11.5. The summed E-state index contributed by atoms with van der Waals surface area (Å²) >= 11 is 4.00. The predicted molar refractivity (Wildman–Crippen MR) is 76.2 cm³/mol. The number of carboxylic acid groups (broad SMARTS) is 1. The number of thiol groups is 1. The molecule has 94 valence electrons. The summed E-state index contributed by atoms with van der Waals surface area (Å²) in [5.74, 6) is -0.790. The lowest BCUT2D eigenvalue weighted by atomic mass is 10.1. The summed E-state index contributed by atoms with van der Waals surface area (Å²) in [7, 11) is 0. The van der Waals surface area contributed by atoms with Gasteiger partial charge in [-0.1, -0.05) is 58.3 Å². The highest BCUT2D eigenvalue weighted by Crippen LogP contribution is 2.12. The first-order chi connectivity index (χ1) is 7.18. The van der Waals surface area contributed by atoms with Gasteiger partial charge in [0.25, 0.3) is 0 Å². The van der Waals surface area contributed by atoms with E-state index in [0.29, 0.717) is 6.42 Å². The van der Waals surface area contributed by atoms with E-state index in [9.17, 15) is 4.79 Å². The van der Waals surface area contributed by atoms with E-state index in [0.717, 1.165) is 12.8 Å². The van der Waals surface area contributed by atoms with Crippen molar-refractivity contribution in [3.8, 4) is 0 Å². The number of hydrogen-bond acceptors (Lipinski definition) is 2. The molecule has 0 aliphatic carbocycles. The molecule has 1 unspecified atom stereocenters. The van der Waals surface area contributed by atoms with E-state index < -0.39 is 11.2 Å². The second-order valence-electron chi connectivity index (χ2n) is 4.12. The maximum atomic E-state index is 10.5. The van der Waals surface area contributed by atoms with Gasteiger partial charge in [-0.05, 0) is 6.42 Å². The van der Waals surface area contributed by atoms with Crippen LogP contribution >= 0.6 is 12.6 Å². The third-order valence-electron chi connectivity index (χ3n) is 2.62. The molecule has 0 saturated carbocycles. The molecule has 0 amide bonds. The van der Waals surface area contributed by atoms with Crippen molar-refractivity contribution in [3.05, 3.63) is 0 Å². The van der Waals surface area contributed by atoms with E-state index in [1.54, 1.807) is 0 Å². The van der Waals surface area contributed by atoms with Gasteiger partial charge in [-0.15, -0.1) is 0 Å². The molecule has 0 radical (unpaired) electrons. The lowest BCUT2D eigenvalue weighted by Crippen LogP contribution is -2.12. The van der Waals surface area contributed by atoms with Gasteiger partial charge in [-0.3, -0.25) is 4.79 Å². The topological polar surface area (TPSA) is 37.3 Å². The average molecular weight is 259 g/mol. The number of carboxylic acids is 1. The normalized spacial score (nSPS) is 11.9. The highest BCUT2D eigenvalue weighted by molar-refractivity contribution is 7.81. The number of unbranched alkanes of at least 4 members (excludes halogenated alkanes) is 7. The van der Waals surface area contributed by atoms with Gasteiger partial charge >= 0.3 is 29.0 Å². The summed E-state index contributed by atoms with van der Waals surface area (Å²) in [5, 5.41) is 8.14. The maximum Gasteiger partial charge on any atom is 0.316 e. The predicted octanol–water partition coefficient (Wildman–Crippen LogP) is 2.98. The Morgan fingerprint density at radius 3 is 1.94 bits per heavy atom. The molecule has 0 spiro atoms. The maximum absolute atomic E-state index is 10.5. The average Bonchev–Trinajstić information content (AvgIpc) is 2.21. The van der Waals surface area contributed by atoms with Gasteiger partial charge in [0.2, 0.25) is 0 Å². The Labute approximate surface area is 121 Å². The van der Waals surface area contributed by atoms with E-state index in [2.05, 4.69) is 19.6 Å². The molecule has 0 aromatic carbocycles. The quantitative estimate of drug-likeness (QED) is 0.359. The third-order valence-corrected chi connectivity index (χ3v) is 3.10. The second-order valence-corrected chi connectivity index (χ2v) is 4.74. The summed E-state index contributed by atoms with van der Waals surface area (Å²) in [6.45, 7) is 2.22. The highest BCUT2D eigenvalue weighted by Gasteiger charge is 2.10. The molecule has 4 heteroatoms. The molecular formula is C12H26MgO2S. The third kappa shape index (κ3) is 12.7. The molecule has 0 saturated heterocycles. The monoisotopic (exact) mass is 258 g/mol. The van der Waals surface area contributed by atoms with E-state index in [1.165, 1.54) is 38.5 Å². The number of hydrogen-bond donors (Lipinski definition) is 2. The van der Waals surface area contributed by atoms with Crippen LogP contribution in [0, 0.1) is 0 Å². The van der Waals surface area contributed by atoms with Crippen molar-refractivity contribution in [2.75, 3.05) is 0 Å².